The molecule has 0 radical (unpaired) electrons. The number of hydrogen-bond donors (Lipinski definition) is 0. The van der Waals surface area contributed by atoms with Gasteiger partial charge >= 0.3 is 0 Å². The van der Waals surface area contributed by atoms with Crippen LogP contribution in [0, 0.1) is 5.82 Å². The van der Waals surface area contributed by atoms with Crippen LogP contribution in [0.5, 0.6) is 0 Å². The third-order valence-electron chi connectivity index (χ3n) is 2.19. The van der Waals surface area contributed by atoms with E-state index < -0.39 is 12.2 Å². The van der Waals surface area contributed by atoms with Crippen molar-refractivity contribution in [3.05, 3.63) is 34.6 Å². The lowest BCUT2D eigenvalue weighted by Gasteiger charge is -2.20. The van der Waals surface area contributed by atoms with Crippen LogP contribution in [0.2, 0.25) is 5.02 Å². The SMILES string of the molecule is Fc1cc(CN(CCBr)CC(F)F)ccc1Cl. The van der Waals surface area contributed by atoms with Gasteiger partial charge in [0.1, 0.15) is 5.82 Å². The Morgan fingerprint density at radius 1 is 1.35 bits per heavy atom. The molecule has 0 fully saturated rings. The van der Waals surface area contributed by atoms with Gasteiger partial charge < -0.3 is 0 Å². The highest BCUT2D eigenvalue weighted by atomic mass is 79.9. The summed E-state index contributed by atoms with van der Waals surface area (Å²) in [7, 11) is 0. The van der Waals surface area contributed by atoms with E-state index in [4.69, 9.17) is 11.6 Å². The van der Waals surface area contributed by atoms with Crippen LogP contribution < -0.4 is 0 Å². The van der Waals surface area contributed by atoms with Crippen LogP contribution in [-0.4, -0.2) is 29.7 Å². The molecule has 1 aromatic rings. The third-order valence-corrected chi connectivity index (χ3v) is 2.85. The molecule has 0 amide bonds. The lowest BCUT2D eigenvalue weighted by Crippen LogP contribution is -2.30. The van der Waals surface area contributed by atoms with E-state index in [2.05, 4.69) is 15.9 Å². The number of halogens is 5. The minimum Gasteiger partial charge on any atom is -0.293 e. The van der Waals surface area contributed by atoms with Gasteiger partial charge in [0.25, 0.3) is 6.43 Å². The van der Waals surface area contributed by atoms with E-state index in [-0.39, 0.29) is 18.1 Å². The second kappa shape index (κ2) is 7.24. The summed E-state index contributed by atoms with van der Waals surface area (Å²) in [5, 5.41) is 0.630. The largest absolute Gasteiger partial charge is 0.293 e. The first-order valence-corrected chi connectivity index (χ1v) is 6.53. The summed E-state index contributed by atoms with van der Waals surface area (Å²) < 4.78 is 37.8. The van der Waals surface area contributed by atoms with E-state index in [1.54, 1.807) is 11.0 Å². The number of alkyl halides is 3. The summed E-state index contributed by atoms with van der Waals surface area (Å²) in [6.45, 7) is 0.439. The number of benzene rings is 1. The normalized spacial score (nSPS) is 11.5. The Morgan fingerprint density at radius 2 is 2.06 bits per heavy atom. The van der Waals surface area contributed by atoms with Crippen molar-refractivity contribution < 1.29 is 13.2 Å². The average Bonchev–Trinajstić information content (AvgIpc) is 2.23. The van der Waals surface area contributed by atoms with E-state index in [0.29, 0.717) is 17.4 Å². The second-order valence-corrected chi connectivity index (χ2v) is 4.76. The molecule has 0 unspecified atom stereocenters. The van der Waals surface area contributed by atoms with Crippen LogP contribution >= 0.6 is 27.5 Å². The van der Waals surface area contributed by atoms with Gasteiger partial charge in [-0.2, -0.15) is 0 Å². The van der Waals surface area contributed by atoms with Gasteiger partial charge in [-0.25, -0.2) is 13.2 Å². The van der Waals surface area contributed by atoms with Crippen LogP contribution in [0.4, 0.5) is 13.2 Å². The van der Waals surface area contributed by atoms with Gasteiger partial charge in [0.2, 0.25) is 0 Å². The Hall–Kier alpha value is -0.260. The fourth-order valence-electron chi connectivity index (χ4n) is 1.45. The van der Waals surface area contributed by atoms with Crippen molar-refractivity contribution in [3.63, 3.8) is 0 Å². The van der Waals surface area contributed by atoms with Crippen molar-refractivity contribution in [1.82, 2.24) is 4.90 Å². The predicted octanol–water partition coefficient (Wildman–Crippen LogP) is 3.94. The van der Waals surface area contributed by atoms with Crippen LogP contribution in [0.3, 0.4) is 0 Å². The minimum atomic E-state index is -2.40. The molecule has 0 aromatic heterocycles. The molecule has 0 aliphatic heterocycles. The third kappa shape index (κ3) is 5.27. The topological polar surface area (TPSA) is 3.24 Å². The van der Waals surface area contributed by atoms with E-state index in [1.165, 1.54) is 12.1 Å². The van der Waals surface area contributed by atoms with E-state index in [0.717, 1.165) is 0 Å². The monoisotopic (exact) mass is 329 g/mol. The molecule has 96 valence electrons. The summed E-state index contributed by atoms with van der Waals surface area (Å²) in [5.41, 5.74) is 0.633. The average molecular weight is 331 g/mol. The standard InChI is InChI=1S/C11H12BrClF3N/c12-3-4-17(7-11(15)16)6-8-1-2-9(13)10(14)5-8/h1-2,5,11H,3-4,6-7H2. The maximum atomic E-state index is 13.2. The van der Waals surface area contributed by atoms with Gasteiger partial charge in [-0.05, 0) is 17.7 Å². The fraction of sp³-hybridized carbons (Fsp3) is 0.455. The number of hydrogen-bond acceptors (Lipinski definition) is 1. The van der Waals surface area contributed by atoms with Gasteiger partial charge in [0.15, 0.2) is 0 Å². The molecule has 0 saturated heterocycles. The summed E-state index contributed by atoms with van der Waals surface area (Å²) in [4.78, 5) is 1.56. The lowest BCUT2D eigenvalue weighted by molar-refractivity contribution is 0.0881. The van der Waals surface area contributed by atoms with Crippen molar-refractivity contribution >= 4 is 27.5 Å². The first kappa shape index (κ1) is 14.8. The maximum absolute atomic E-state index is 13.2. The van der Waals surface area contributed by atoms with Gasteiger partial charge in [-0.3, -0.25) is 4.90 Å². The molecule has 0 N–H and O–H groups in total. The highest BCUT2D eigenvalue weighted by Crippen LogP contribution is 2.17. The summed E-state index contributed by atoms with van der Waals surface area (Å²) >= 11 is 8.74. The molecule has 0 spiro atoms. The van der Waals surface area contributed by atoms with Crippen LogP contribution in [0.25, 0.3) is 0 Å². The Bertz CT molecular complexity index is 363. The highest BCUT2D eigenvalue weighted by Gasteiger charge is 2.12. The quantitative estimate of drug-likeness (QED) is 0.714. The Morgan fingerprint density at radius 3 is 2.59 bits per heavy atom. The molecule has 1 rings (SSSR count). The van der Waals surface area contributed by atoms with Crippen molar-refractivity contribution in [3.8, 4) is 0 Å². The van der Waals surface area contributed by atoms with Crippen LogP contribution in [0.15, 0.2) is 18.2 Å². The number of nitrogens with zero attached hydrogens (tertiary/aromatic N) is 1. The van der Waals surface area contributed by atoms with E-state index in [9.17, 15) is 13.2 Å². The summed E-state index contributed by atoms with van der Waals surface area (Å²) in [6.07, 6.45) is -2.40. The molecule has 0 aliphatic rings. The van der Waals surface area contributed by atoms with Gasteiger partial charge in [-0.1, -0.05) is 33.6 Å². The Balaban J connectivity index is 2.67. The van der Waals surface area contributed by atoms with E-state index in [1.807, 2.05) is 0 Å². The summed E-state index contributed by atoms with van der Waals surface area (Å²) in [5.74, 6) is -0.528. The smallest absolute Gasteiger partial charge is 0.251 e. The van der Waals surface area contributed by atoms with E-state index >= 15 is 0 Å². The maximum Gasteiger partial charge on any atom is 0.251 e. The lowest BCUT2D eigenvalue weighted by atomic mass is 10.2. The first-order chi connectivity index (χ1) is 8.02. The van der Waals surface area contributed by atoms with Crippen LogP contribution in [0.1, 0.15) is 5.56 Å². The molecular weight excluding hydrogens is 318 g/mol. The zero-order valence-electron chi connectivity index (χ0n) is 8.97. The van der Waals surface area contributed by atoms with Gasteiger partial charge in [-0.15, -0.1) is 0 Å². The molecule has 1 nitrogen and oxygen atoms in total. The van der Waals surface area contributed by atoms with Crippen molar-refractivity contribution in [2.75, 3.05) is 18.4 Å². The molecule has 1 aromatic carbocycles. The van der Waals surface area contributed by atoms with Crippen molar-refractivity contribution in [1.29, 1.82) is 0 Å². The molecule has 17 heavy (non-hydrogen) atoms. The van der Waals surface area contributed by atoms with Crippen LogP contribution in [-0.2, 0) is 6.54 Å². The predicted molar refractivity (Wildman–Crippen MR) is 66.5 cm³/mol. The first-order valence-electron chi connectivity index (χ1n) is 5.03. The van der Waals surface area contributed by atoms with Gasteiger partial charge in [0.05, 0.1) is 11.6 Å². The molecule has 0 atom stereocenters. The minimum absolute atomic E-state index is 0.0367. The van der Waals surface area contributed by atoms with Crippen molar-refractivity contribution in [2.24, 2.45) is 0 Å². The zero-order chi connectivity index (χ0) is 12.8. The summed E-state index contributed by atoms with van der Waals surface area (Å²) in [6, 6.07) is 4.34. The van der Waals surface area contributed by atoms with Crippen molar-refractivity contribution in [2.45, 2.75) is 13.0 Å². The molecular formula is C11H12BrClF3N. The van der Waals surface area contributed by atoms with Gasteiger partial charge in [0, 0.05) is 18.4 Å². The Labute approximate surface area is 112 Å². The molecule has 0 aliphatic carbocycles. The zero-order valence-corrected chi connectivity index (χ0v) is 11.3. The molecule has 0 heterocycles. The molecule has 0 saturated carbocycles. The number of rotatable bonds is 6. The molecule has 0 bridgehead atoms. The highest BCUT2D eigenvalue weighted by molar-refractivity contribution is 9.09. The Kier molecular flexibility index (Phi) is 6.30. The fourth-order valence-corrected chi connectivity index (χ4v) is 2.06. The molecule has 6 heteroatoms. The second-order valence-electron chi connectivity index (χ2n) is 3.56.